The van der Waals surface area contributed by atoms with Crippen molar-refractivity contribution in [3.8, 4) is 5.88 Å². The van der Waals surface area contributed by atoms with Crippen molar-refractivity contribution in [2.24, 2.45) is 5.92 Å². The van der Waals surface area contributed by atoms with E-state index in [2.05, 4.69) is 18.8 Å². The van der Waals surface area contributed by atoms with Gasteiger partial charge in [0, 0.05) is 12.3 Å². The molecular weight excluding hydrogens is 162 g/mol. The molecule has 0 aliphatic carbocycles. The van der Waals surface area contributed by atoms with Crippen molar-refractivity contribution in [1.29, 1.82) is 0 Å². The molecule has 2 heteroatoms. The van der Waals surface area contributed by atoms with Crippen LogP contribution in [-0.4, -0.2) is 11.6 Å². The lowest BCUT2D eigenvalue weighted by molar-refractivity contribution is 0.279. The molecule has 1 aromatic rings. The van der Waals surface area contributed by atoms with Gasteiger partial charge in [0.25, 0.3) is 0 Å². The minimum Gasteiger partial charge on any atom is -0.478 e. The zero-order valence-electron chi connectivity index (χ0n) is 8.58. The van der Waals surface area contributed by atoms with E-state index in [1.54, 1.807) is 6.20 Å². The summed E-state index contributed by atoms with van der Waals surface area (Å²) in [5.41, 5.74) is 1.19. The van der Waals surface area contributed by atoms with Crippen molar-refractivity contribution >= 4 is 0 Å². The molecule has 1 aromatic heterocycles. The van der Waals surface area contributed by atoms with Gasteiger partial charge in [0.1, 0.15) is 0 Å². The van der Waals surface area contributed by atoms with E-state index < -0.39 is 0 Å². The molecule has 0 amide bonds. The Bertz CT molecular complexity index is 258. The van der Waals surface area contributed by atoms with Crippen molar-refractivity contribution in [1.82, 2.24) is 4.98 Å². The third kappa shape index (κ3) is 3.92. The SMILES string of the molecule is Cc1ccnc(OCCC(C)C)c1. The maximum Gasteiger partial charge on any atom is 0.213 e. The molecule has 0 saturated heterocycles. The highest BCUT2D eigenvalue weighted by Gasteiger charge is 1.97. The Balaban J connectivity index is 2.37. The van der Waals surface area contributed by atoms with Crippen molar-refractivity contribution < 1.29 is 4.74 Å². The van der Waals surface area contributed by atoms with Crippen LogP contribution in [0.1, 0.15) is 25.8 Å². The first-order valence-corrected chi connectivity index (χ1v) is 4.74. The Hall–Kier alpha value is -1.05. The molecule has 13 heavy (non-hydrogen) atoms. The first-order valence-electron chi connectivity index (χ1n) is 4.74. The molecule has 1 heterocycles. The van der Waals surface area contributed by atoms with Crippen LogP contribution in [0.2, 0.25) is 0 Å². The van der Waals surface area contributed by atoms with Crippen LogP contribution in [0.4, 0.5) is 0 Å². The molecule has 0 spiro atoms. The summed E-state index contributed by atoms with van der Waals surface area (Å²) in [6, 6.07) is 3.93. The van der Waals surface area contributed by atoms with E-state index in [4.69, 9.17) is 4.74 Å². The number of nitrogens with zero attached hydrogens (tertiary/aromatic N) is 1. The molecule has 1 rings (SSSR count). The molecule has 0 aliphatic heterocycles. The van der Waals surface area contributed by atoms with Gasteiger partial charge in [0.15, 0.2) is 0 Å². The van der Waals surface area contributed by atoms with E-state index in [0.717, 1.165) is 18.9 Å². The molecule has 0 aliphatic rings. The van der Waals surface area contributed by atoms with Gasteiger partial charge >= 0.3 is 0 Å². The molecule has 0 atom stereocenters. The normalized spacial score (nSPS) is 10.5. The second-order valence-corrected chi connectivity index (χ2v) is 3.70. The number of pyridine rings is 1. The highest BCUT2D eigenvalue weighted by Crippen LogP contribution is 2.09. The van der Waals surface area contributed by atoms with Crippen molar-refractivity contribution in [2.45, 2.75) is 27.2 Å². The standard InChI is InChI=1S/C11H17NO/c1-9(2)5-7-13-11-8-10(3)4-6-12-11/h4,6,8-9H,5,7H2,1-3H3. The Morgan fingerprint density at radius 1 is 1.46 bits per heavy atom. The van der Waals surface area contributed by atoms with Crippen LogP contribution < -0.4 is 4.74 Å². The molecular formula is C11H17NO. The van der Waals surface area contributed by atoms with E-state index in [1.807, 2.05) is 19.1 Å². The van der Waals surface area contributed by atoms with Crippen LogP contribution >= 0.6 is 0 Å². The molecule has 0 unspecified atom stereocenters. The van der Waals surface area contributed by atoms with Crippen LogP contribution in [0.15, 0.2) is 18.3 Å². The van der Waals surface area contributed by atoms with Crippen LogP contribution in [0.25, 0.3) is 0 Å². The van der Waals surface area contributed by atoms with Crippen molar-refractivity contribution in [3.63, 3.8) is 0 Å². The van der Waals surface area contributed by atoms with Crippen molar-refractivity contribution in [2.75, 3.05) is 6.61 Å². The van der Waals surface area contributed by atoms with E-state index >= 15 is 0 Å². The summed E-state index contributed by atoms with van der Waals surface area (Å²) in [5.74, 6) is 1.42. The molecule has 0 fully saturated rings. The monoisotopic (exact) mass is 179 g/mol. The van der Waals surface area contributed by atoms with Crippen LogP contribution in [0.3, 0.4) is 0 Å². The molecule has 0 saturated carbocycles. The summed E-state index contributed by atoms with van der Waals surface area (Å²) in [4.78, 5) is 4.11. The fraction of sp³-hybridized carbons (Fsp3) is 0.545. The Morgan fingerprint density at radius 2 is 2.23 bits per heavy atom. The average molecular weight is 179 g/mol. The Labute approximate surface area is 80.0 Å². The van der Waals surface area contributed by atoms with Gasteiger partial charge < -0.3 is 4.74 Å². The summed E-state index contributed by atoms with van der Waals surface area (Å²) in [5, 5.41) is 0. The maximum atomic E-state index is 5.49. The lowest BCUT2D eigenvalue weighted by Crippen LogP contribution is -2.02. The van der Waals surface area contributed by atoms with Gasteiger partial charge in [-0.15, -0.1) is 0 Å². The largest absolute Gasteiger partial charge is 0.478 e. The lowest BCUT2D eigenvalue weighted by atomic mass is 10.1. The lowest BCUT2D eigenvalue weighted by Gasteiger charge is -2.06. The van der Waals surface area contributed by atoms with Gasteiger partial charge in [-0.25, -0.2) is 4.98 Å². The number of aromatic nitrogens is 1. The van der Waals surface area contributed by atoms with Gasteiger partial charge in [-0.1, -0.05) is 13.8 Å². The van der Waals surface area contributed by atoms with Gasteiger partial charge in [-0.05, 0) is 30.9 Å². The Kier molecular flexibility index (Phi) is 3.74. The summed E-state index contributed by atoms with van der Waals surface area (Å²) in [6.07, 6.45) is 2.86. The molecule has 72 valence electrons. The third-order valence-corrected chi connectivity index (χ3v) is 1.84. The zero-order chi connectivity index (χ0) is 9.68. The van der Waals surface area contributed by atoms with Gasteiger partial charge in [0.2, 0.25) is 5.88 Å². The molecule has 0 N–H and O–H groups in total. The highest BCUT2D eigenvalue weighted by molar-refractivity contribution is 5.18. The molecule has 0 bridgehead atoms. The number of ether oxygens (including phenoxy) is 1. The summed E-state index contributed by atoms with van der Waals surface area (Å²) in [7, 11) is 0. The molecule has 0 aromatic carbocycles. The summed E-state index contributed by atoms with van der Waals surface area (Å²) in [6.45, 7) is 7.17. The predicted octanol–water partition coefficient (Wildman–Crippen LogP) is 2.81. The first kappa shape index (κ1) is 10.0. The second kappa shape index (κ2) is 4.85. The topological polar surface area (TPSA) is 22.1 Å². The fourth-order valence-electron chi connectivity index (χ4n) is 0.987. The predicted molar refractivity (Wildman–Crippen MR) is 53.9 cm³/mol. The van der Waals surface area contributed by atoms with E-state index in [1.165, 1.54) is 5.56 Å². The van der Waals surface area contributed by atoms with E-state index in [9.17, 15) is 0 Å². The number of hydrogen-bond acceptors (Lipinski definition) is 2. The van der Waals surface area contributed by atoms with Gasteiger partial charge in [-0.3, -0.25) is 0 Å². The smallest absolute Gasteiger partial charge is 0.213 e. The average Bonchev–Trinajstić information content (AvgIpc) is 2.03. The first-order chi connectivity index (χ1) is 6.18. The van der Waals surface area contributed by atoms with Crippen LogP contribution in [-0.2, 0) is 0 Å². The number of aryl methyl sites for hydroxylation is 1. The zero-order valence-corrected chi connectivity index (χ0v) is 8.58. The molecule has 0 radical (unpaired) electrons. The highest BCUT2D eigenvalue weighted by atomic mass is 16.5. The van der Waals surface area contributed by atoms with Crippen molar-refractivity contribution in [3.05, 3.63) is 23.9 Å². The van der Waals surface area contributed by atoms with E-state index in [0.29, 0.717) is 5.92 Å². The summed E-state index contributed by atoms with van der Waals surface area (Å²) < 4.78 is 5.49. The number of hydrogen-bond donors (Lipinski definition) is 0. The maximum absolute atomic E-state index is 5.49. The Morgan fingerprint density at radius 3 is 2.85 bits per heavy atom. The minimum atomic E-state index is 0.685. The summed E-state index contributed by atoms with van der Waals surface area (Å²) >= 11 is 0. The second-order valence-electron chi connectivity index (χ2n) is 3.70. The quantitative estimate of drug-likeness (QED) is 0.709. The number of rotatable bonds is 4. The minimum absolute atomic E-state index is 0.685. The fourth-order valence-corrected chi connectivity index (χ4v) is 0.987. The van der Waals surface area contributed by atoms with Gasteiger partial charge in [-0.2, -0.15) is 0 Å². The van der Waals surface area contributed by atoms with Crippen LogP contribution in [0, 0.1) is 12.8 Å². The third-order valence-electron chi connectivity index (χ3n) is 1.84. The van der Waals surface area contributed by atoms with Gasteiger partial charge in [0.05, 0.1) is 6.61 Å². The molecule has 2 nitrogen and oxygen atoms in total. The van der Waals surface area contributed by atoms with E-state index in [-0.39, 0.29) is 0 Å². The van der Waals surface area contributed by atoms with Crippen LogP contribution in [0.5, 0.6) is 5.88 Å².